The molecule has 6 aliphatic rings. The van der Waals surface area contributed by atoms with Crippen LogP contribution in [0, 0.1) is 25.2 Å². The average molecular weight is 757 g/mol. The highest BCUT2D eigenvalue weighted by Crippen LogP contribution is 2.64. The number of amides is 1. The molecule has 54 heavy (non-hydrogen) atoms. The van der Waals surface area contributed by atoms with Crippen molar-refractivity contribution in [1.29, 1.82) is 5.26 Å². The van der Waals surface area contributed by atoms with Gasteiger partial charge in [-0.25, -0.2) is 9.59 Å². The predicted octanol–water partition coefficient (Wildman–Crippen LogP) is 4.53. The number of nitriles is 1. The van der Waals surface area contributed by atoms with E-state index >= 15 is 0 Å². The number of nitrogens with one attached hydrogen (secondary N) is 1. The Bertz CT molecular complexity index is 2090. The summed E-state index contributed by atoms with van der Waals surface area (Å²) in [5.41, 5.74) is 4.95. The van der Waals surface area contributed by atoms with E-state index in [1.165, 1.54) is 25.8 Å². The van der Waals surface area contributed by atoms with Crippen LogP contribution in [0.15, 0.2) is 36.4 Å². The van der Waals surface area contributed by atoms with Gasteiger partial charge in [-0.3, -0.25) is 14.6 Å². The lowest BCUT2D eigenvalue weighted by molar-refractivity contribution is -0.151. The number of esters is 2. The number of rotatable bonds is 5. The summed E-state index contributed by atoms with van der Waals surface area (Å²) in [7, 11) is 3.47. The number of methoxy groups -OCH3 is 1. The van der Waals surface area contributed by atoms with Crippen LogP contribution in [0.4, 0.5) is 4.79 Å². The van der Waals surface area contributed by atoms with Gasteiger partial charge < -0.3 is 38.8 Å². The van der Waals surface area contributed by atoms with Gasteiger partial charge in [0.15, 0.2) is 23.0 Å². The predicted molar refractivity (Wildman–Crippen MR) is 193 cm³/mol. The number of likely N-dealkylation sites (N-methyl/N-ethyl adjacent to an activating group) is 1. The Morgan fingerprint density at radius 3 is 2.57 bits per heavy atom. The SMILES string of the molecule is COc1c(C)cc2c(c1O)[C@H]1C3[C@@H]4SC[C@H](NC(=O)OCc5ccccc5)C(=O)OC[C@H](c5c6c(c(C)c(OC(C)=O)c54)OCO6)N3[C@@H](C#N)[C@H](C2)N1C. The van der Waals surface area contributed by atoms with Gasteiger partial charge in [-0.1, -0.05) is 36.4 Å². The Labute approximate surface area is 316 Å². The molecule has 0 spiro atoms. The normalized spacial score (nSPS) is 26.7. The van der Waals surface area contributed by atoms with Gasteiger partial charge in [-0.15, -0.1) is 11.8 Å². The first kappa shape index (κ1) is 35.8. The highest BCUT2D eigenvalue weighted by molar-refractivity contribution is 7.99. The van der Waals surface area contributed by atoms with Crippen molar-refractivity contribution in [2.75, 3.05) is 33.3 Å². The molecule has 0 radical (unpaired) electrons. The minimum Gasteiger partial charge on any atom is -0.504 e. The maximum absolute atomic E-state index is 13.8. The summed E-state index contributed by atoms with van der Waals surface area (Å²) in [5, 5.41) is 25.0. The summed E-state index contributed by atoms with van der Waals surface area (Å²) in [5.74, 6) is 0.331. The summed E-state index contributed by atoms with van der Waals surface area (Å²) in [6.07, 6.45) is -0.315. The fraction of sp³-hybridized carbons (Fsp3) is 0.436. The molecular formula is C39H40N4O10S. The topological polar surface area (TPSA) is 169 Å². The van der Waals surface area contributed by atoms with Crippen LogP contribution >= 0.6 is 11.8 Å². The summed E-state index contributed by atoms with van der Waals surface area (Å²) in [4.78, 5) is 44.0. The maximum atomic E-state index is 13.8. The van der Waals surface area contributed by atoms with E-state index in [1.807, 2.05) is 50.4 Å². The van der Waals surface area contributed by atoms with Crippen molar-refractivity contribution in [1.82, 2.24) is 15.1 Å². The Hall–Kier alpha value is -5.17. The standard InChI is InChI=1S/C39H40N4O10S/c1-18-11-22-12-24-25(13-40)43-26-15-49-38(46)23(41-39(47)50-14-21-9-7-6-8-10-21)16-54-37(31(43)30(42(24)4)27(22)32(45)33(18)48-5)29-28(26)36-35(51-17-52-36)19(2)34(29)53-20(3)44/h6-11,23-26,30-31,37,45H,12,14-17H2,1-5H3,(H,41,47)/t23-,24-,25-,26+,30-,31?,37+/m0/s1. The van der Waals surface area contributed by atoms with Gasteiger partial charge in [-0.05, 0) is 44.0 Å². The molecule has 9 rings (SSSR count). The van der Waals surface area contributed by atoms with E-state index in [9.17, 15) is 24.8 Å². The molecule has 2 saturated heterocycles. The molecule has 15 heteroatoms. The Kier molecular flexibility index (Phi) is 9.23. The van der Waals surface area contributed by atoms with Crippen LogP contribution in [0.3, 0.4) is 0 Å². The largest absolute Gasteiger partial charge is 0.504 e. The summed E-state index contributed by atoms with van der Waals surface area (Å²) in [6, 6.07) is 9.83. The van der Waals surface area contributed by atoms with E-state index < -0.39 is 53.5 Å². The van der Waals surface area contributed by atoms with Crippen molar-refractivity contribution < 1.29 is 47.9 Å². The number of phenolic OH excluding ortho intramolecular Hbond substituents is 1. The van der Waals surface area contributed by atoms with Crippen LogP contribution in [-0.2, 0) is 32.1 Å². The van der Waals surface area contributed by atoms with E-state index in [0.717, 1.165) is 16.7 Å². The zero-order valence-corrected chi connectivity index (χ0v) is 31.2. The quantitative estimate of drug-likeness (QED) is 0.275. The first-order valence-electron chi connectivity index (χ1n) is 17.7. The first-order valence-corrected chi connectivity index (χ1v) is 18.8. The number of hydrogen-bond acceptors (Lipinski definition) is 14. The molecule has 3 aromatic carbocycles. The molecule has 282 valence electrons. The number of aryl methyl sites for hydroxylation is 1. The van der Waals surface area contributed by atoms with Crippen molar-refractivity contribution in [3.63, 3.8) is 0 Å². The number of carbonyl (C=O) groups is 3. The Morgan fingerprint density at radius 1 is 1.09 bits per heavy atom. The Balaban J connectivity index is 1.30. The molecule has 14 nitrogen and oxygen atoms in total. The second kappa shape index (κ2) is 13.9. The molecule has 0 aromatic heterocycles. The van der Waals surface area contributed by atoms with Gasteiger partial charge in [0, 0.05) is 47.0 Å². The van der Waals surface area contributed by atoms with Gasteiger partial charge >= 0.3 is 18.0 Å². The summed E-state index contributed by atoms with van der Waals surface area (Å²) in [6.45, 7) is 4.70. The third-order valence-corrected chi connectivity index (χ3v) is 12.6. The van der Waals surface area contributed by atoms with Gasteiger partial charge in [0.05, 0.1) is 30.5 Å². The molecule has 6 aliphatic heterocycles. The average Bonchev–Trinajstić information content (AvgIpc) is 3.64. The molecule has 1 amide bonds. The minimum absolute atomic E-state index is 0.00542. The molecule has 0 saturated carbocycles. The number of aromatic hydroxyl groups is 1. The van der Waals surface area contributed by atoms with Crippen LogP contribution < -0.4 is 24.3 Å². The highest BCUT2D eigenvalue weighted by atomic mass is 32.2. The fourth-order valence-electron chi connectivity index (χ4n) is 8.97. The van der Waals surface area contributed by atoms with Crippen LogP contribution in [0.5, 0.6) is 28.7 Å². The molecule has 3 aromatic rings. The van der Waals surface area contributed by atoms with Crippen molar-refractivity contribution in [3.8, 4) is 34.8 Å². The zero-order chi connectivity index (χ0) is 38.0. The number of carbonyl (C=O) groups excluding carboxylic acids is 3. The van der Waals surface area contributed by atoms with Gasteiger partial charge in [0.2, 0.25) is 6.79 Å². The number of benzene rings is 3. The van der Waals surface area contributed by atoms with Crippen LogP contribution in [-0.4, -0.2) is 90.4 Å². The zero-order valence-electron chi connectivity index (χ0n) is 30.4. The van der Waals surface area contributed by atoms with Crippen molar-refractivity contribution in [3.05, 3.63) is 75.3 Å². The lowest BCUT2D eigenvalue weighted by atomic mass is 9.71. The first-order chi connectivity index (χ1) is 26.0. The minimum atomic E-state index is -1.11. The van der Waals surface area contributed by atoms with Gasteiger partial charge in [-0.2, -0.15) is 5.26 Å². The summed E-state index contributed by atoms with van der Waals surface area (Å²) >= 11 is 1.35. The number of alkyl carbamates (subject to hydrolysis) is 1. The van der Waals surface area contributed by atoms with Gasteiger partial charge in [0.1, 0.15) is 31.0 Å². The van der Waals surface area contributed by atoms with E-state index in [1.54, 1.807) is 6.92 Å². The van der Waals surface area contributed by atoms with E-state index in [0.29, 0.717) is 51.7 Å². The van der Waals surface area contributed by atoms with Crippen molar-refractivity contribution in [2.24, 2.45) is 0 Å². The molecular weight excluding hydrogens is 717 g/mol. The Morgan fingerprint density at radius 2 is 1.85 bits per heavy atom. The van der Waals surface area contributed by atoms with Crippen LogP contribution in [0.25, 0.3) is 0 Å². The maximum Gasteiger partial charge on any atom is 0.408 e. The van der Waals surface area contributed by atoms with Crippen molar-refractivity contribution >= 4 is 29.8 Å². The lowest BCUT2D eigenvalue weighted by Gasteiger charge is -2.61. The molecule has 2 N–H and O–H groups in total. The van der Waals surface area contributed by atoms with Crippen molar-refractivity contribution in [2.45, 2.75) is 75.3 Å². The molecule has 7 atom stereocenters. The lowest BCUT2D eigenvalue weighted by Crippen LogP contribution is -2.69. The number of fused-ring (bicyclic) bond motifs is 10. The molecule has 6 heterocycles. The highest BCUT2D eigenvalue weighted by Gasteiger charge is 2.60. The number of nitrogens with zero attached hydrogens (tertiary/aromatic N) is 3. The smallest absolute Gasteiger partial charge is 0.408 e. The van der Waals surface area contributed by atoms with E-state index in [-0.39, 0.29) is 37.6 Å². The molecule has 1 unspecified atom stereocenters. The second-order valence-corrected chi connectivity index (χ2v) is 15.3. The number of hydrogen-bond donors (Lipinski definition) is 2. The van der Waals surface area contributed by atoms with Gasteiger partial charge in [0.25, 0.3) is 0 Å². The van der Waals surface area contributed by atoms with E-state index in [4.69, 9.17) is 28.4 Å². The number of piperazine rings is 1. The summed E-state index contributed by atoms with van der Waals surface area (Å²) < 4.78 is 35.4. The second-order valence-electron chi connectivity index (χ2n) is 14.1. The number of ether oxygens (including phenoxy) is 6. The molecule has 2 fully saturated rings. The monoisotopic (exact) mass is 756 g/mol. The third kappa shape index (κ3) is 5.66. The van der Waals surface area contributed by atoms with E-state index in [2.05, 4.69) is 21.2 Å². The number of phenols is 1. The molecule has 4 bridgehead atoms. The number of thioether (sulfide) groups is 1. The van der Waals surface area contributed by atoms with Crippen LogP contribution in [0.2, 0.25) is 0 Å². The fourth-order valence-corrected chi connectivity index (χ4v) is 10.5. The third-order valence-electron chi connectivity index (χ3n) is 11.2. The van der Waals surface area contributed by atoms with Crippen LogP contribution in [0.1, 0.15) is 63.2 Å². The molecule has 0 aliphatic carbocycles.